The van der Waals surface area contributed by atoms with E-state index in [4.69, 9.17) is 18.6 Å². The highest BCUT2D eigenvalue weighted by molar-refractivity contribution is 5.83. The van der Waals surface area contributed by atoms with Gasteiger partial charge in [0.25, 0.3) is 0 Å². The van der Waals surface area contributed by atoms with Crippen molar-refractivity contribution in [1.29, 1.82) is 0 Å². The van der Waals surface area contributed by atoms with Gasteiger partial charge in [-0.15, -0.1) is 0 Å². The molecule has 204 valence electrons. The molecular weight excluding hydrogens is 486 g/mol. The molecule has 37 heavy (non-hydrogen) atoms. The number of aliphatic hydroxyl groups is 3. The molecule has 2 heterocycles. The average Bonchev–Trinajstić information content (AvgIpc) is 2.81. The molecule has 1 aromatic heterocycles. The number of rotatable bonds is 10. The Bertz CT molecular complexity index is 1140. The van der Waals surface area contributed by atoms with Gasteiger partial charge in [-0.25, -0.2) is 9.59 Å². The summed E-state index contributed by atoms with van der Waals surface area (Å²) >= 11 is 0. The Balaban J connectivity index is 1.51. The molecule has 4 atom stereocenters. The van der Waals surface area contributed by atoms with Crippen LogP contribution < -0.4 is 15.7 Å². The predicted octanol–water partition coefficient (Wildman–Crippen LogP) is 1.81. The van der Waals surface area contributed by atoms with Gasteiger partial charge in [-0.3, -0.25) is 4.79 Å². The molecule has 1 aliphatic heterocycles. The molecule has 4 N–H and O–H groups in total. The van der Waals surface area contributed by atoms with Gasteiger partial charge in [0.1, 0.15) is 41.0 Å². The SMILES string of the molecule is CC(C)(C)OC(=O)NCCCCC(=O)CCc1cc(=O)oc2cc(OC3OCC(O)C(O)C3O)ccc12. The first-order valence-corrected chi connectivity index (χ1v) is 12.3. The lowest BCUT2D eigenvalue weighted by Crippen LogP contribution is -2.54. The molecule has 1 aromatic carbocycles. The van der Waals surface area contributed by atoms with Crippen molar-refractivity contribution in [2.24, 2.45) is 0 Å². The number of Topliss-reactive ketones (excluding diaryl/α,β-unsaturated/α-hetero) is 1. The van der Waals surface area contributed by atoms with Crippen molar-refractivity contribution >= 4 is 22.8 Å². The number of carbonyl (C=O) groups excluding carboxylic acids is 2. The van der Waals surface area contributed by atoms with Crippen LogP contribution in [0.15, 0.2) is 33.5 Å². The molecule has 0 saturated carbocycles. The Morgan fingerprint density at radius 1 is 1.08 bits per heavy atom. The summed E-state index contributed by atoms with van der Waals surface area (Å²) in [4.78, 5) is 36.1. The number of ether oxygens (including phenoxy) is 3. The number of aryl methyl sites for hydroxylation is 1. The van der Waals surface area contributed by atoms with Crippen molar-refractivity contribution in [3.8, 4) is 5.75 Å². The van der Waals surface area contributed by atoms with E-state index in [-0.39, 0.29) is 30.1 Å². The number of hydrogen-bond acceptors (Lipinski definition) is 10. The van der Waals surface area contributed by atoms with E-state index in [1.54, 1.807) is 32.9 Å². The number of alkyl carbamates (subject to hydrolysis) is 1. The van der Waals surface area contributed by atoms with Crippen molar-refractivity contribution in [2.75, 3.05) is 13.2 Å². The monoisotopic (exact) mass is 521 g/mol. The van der Waals surface area contributed by atoms with E-state index >= 15 is 0 Å². The van der Waals surface area contributed by atoms with Crippen molar-refractivity contribution in [2.45, 2.75) is 83.1 Å². The first-order valence-electron chi connectivity index (χ1n) is 12.3. The second-order valence-electron chi connectivity index (χ2n) is 10.0. The topological polar surface area (TPSA) is 165 Å². The maximum absolute atomic E-state index is 12.4. The van der Waals surface area contributed by atoms with Crippen LogP contribution in [0.4, 0.5) is 4.79 Å². The van der Waals surface area contributed by atoms with E-state index in [0.717, 1.165) is 0 Å². The van der Waals surface area contributed by atoms with E-state index in [2.05, 4.69) is 5.32 Å². The van der Waals surface area contributed by atoms with Crippen molar-refractivity contribution < 1.29 is 43.5 Å². The molecule has 1 fully saturated rings. The number of aliphatic hydroxyl groups excluding tert-OH is 3. The fourth-order valence-electron chi connectivity index (χ4n) is 3.86. The van der Waals surface area contributed by atoms with Crippen LogP contribution in [-0.4, -0.2) is 70.6 Å². The maximum atomic E-state index is 12.4. The van der Waals surface area contributed by atoms with Gasteiger partial charge in [0.15, 0.2) is 0 Å². The summed E-state index contributed by atoms with van der Waals surface area (Å²) in [6, 6.07) is 6.09. The number of carbonyl (C=O) groups is 2. The third-order valence-corrected chi connectivity index (χ3v) is 5.73. The fraction of sp³-hybridized carbons (Fsp3) is 0.577. The summed E-state index contributed by atoms with van der Waals surface area (Å²) in [5.74, 6) is 0.277. The number of unbranched alkanes of at least 4 members (excludes halogenated alkanes) is 1. The Morgan fingerprint density at radius 3 is 2.57 bits per heavy atom. The molecule has 0 radical (unpaired) electrons. The Morgan fingerprint density at radius 2 is 1.84 bits per heavy atom. The van der Waals surface area contributed by atoms with E-state index in [1.165, 1.54) is 12.1 Å². The van der Waals surface area contributed by atoms with E-state index in [9.17, 15) is 29.7 Å². The van der Waals surface area contributed by atoms with Crippen LogP contribution >= 0.6 is 0 Å². The van der Waals surface area contributed by atoms with Crippen LogP contribution in [0.3, 0.4) is 0 Å². The summed E-state index contributed by atoms with van der Waals surface area (Å²) in [6.07, 6.45) is -3.57. The zero-order valence-electron chi connectivity index (χ0n) is 21.3. The smallest absolute Gasteiger partial charge is 0.407 e. The highest BCUT2D eigenvalue weighted by atomic mass is 16.7. The minimum absolute atomic E-state index is 0.0443. The molecule has 0 spiro atoms. The summed E-state index contributed by atoms with van der Waals surface area (Å²) in [7, 11) is 0. The summed E-state index contributed by atoms with van der Waals surface area (Å²) < 4.78 is 21.3. The standard InChI is InChI=1S/C26H35NO10/c1-26(2,3)37-25(33)27-11-5-4-6-16(28)8-7-15-12-21(30)36-20-13-17(9-10-18(15)20)35-24-23(32)22(31)19(29)14-34-24/h9-10,12-13,19,22-24,29,31-32H,4-8,11,14H2,1-3H3,(H,27,33). The number of amides is 1. The number of ketones is 1. The third-order valence-electron chi connectivity index (χ3n) is 5.73. The normalized spacial score (nSPS) is 22.0. The van der Waals surface area contributed by atoms with Gasteiger partial charge in [0, 0.05) is 36.9 Å². The molecule has 1 saturated heterocycles. The molecule has 2 aromatic rings. The fourth-order valence-corrected chi connectivity index (χ4v) is 3.86. The Kier molecular flexibility index (Phi) is 9.66. The highest BCUT2D eigenvalue weighted by Crippen LogP contribution is 2.26. The molecule has 3 rings (SSSR count). The van der Waals surface area contributed by atoms with Crippen LogP contribution in [0.1, 0.15) is 52.0 Å². The number of fused-ring (bicyclic) bond motifs is 1. The van der Waals surface area contributed by atoms with Crippen LogP contribution in [0.2, 0.25) is 0 Å². The highest BCUT2D eigenvalue weighted by Gasteiger charge is 2.39. The van der Waals surface area contributed by atoms with Crippen LogP contribution in [0.25, 0.3) is 11.0 Å². The predicted molar refractivity (Wildman–Crippen MR) is 132 cm³/mol. The van der Waals surface area contributed by atoms with Crippen LogP contribution in [0.5, 0.6) is 5.75 Å². The lowest BCUT2D eigenvalue weighted by molar-refractivity contribution is -0.242. The van der Waals surface area contributed by atoms with Crippen LogP contribution in [0, 0.1) is 0 Å². The van der Waals surface area contributed by atoms with E-state index < -0.39 is 41.9 Å². The quantitative estimate of drug-likeness (QED) is 0.268. The maximum Gasteiger partial charge on any atom is 0.407 e. The van der Waals surface area contributed by atoms with Gasteiger partial charge in [-0.1, -0.05) is 0 Å². The number of benzene rings is 1. The first kappa shape index (κ1) is 28.6. The largest absolute Gasteiger partial charge is 0.462 e. The van der Waals surface area contributed by atoms with Gasteiger partial charge in [0.05, 0.1) is 6.61 Å². The average molecular weight is 522 g/mol. The first-order chi connectivity index (χ1) is 17.4. The Labute approximate surface area is 214 Å². The zero-order chi connectivity index (χ0) is 27.2. The molecule has 4 unspecified atom stereocenters. The lowest BCUT2D eigenvalue weighted by Gasteiger charge is -2.34. The van der Waals surface area contributed by atoms with Gasteiger partial charge >= 0.3 is 11.7 Å². The third kappa shape index (κ3) is 8.53. The summed E-state index contributed by atoms with van der Waals surface area (Å²) in [6.45, 7) is 5.57. The molecule has 0 aliphatic carbocycles. The minimum Gasteiger partial charge on any atom is -0.462 e. The second kappa shape index (κ2) is 12.5. The molecule has 1 aliphatic rings. The van der Waals surface area contributed by atoms with Crippen molar-refractivity contribution in [3.05, 3.63) is 40.2 Å². The second-order valence-corrected chi connectivity index (χ2v) is 10.0. The Hall–Kier alpha value is -2.99. The number of nitrogens with one attached hydrogen (secondary N) is 1. The molecule has 0 bridgehead atoms. The summed E-state index contributed by atoms with van der Waals surface area (Å²) in [5.41, 5.74) is -0.238. The number of hydrogen-bond donors (Lipinski definition) is 4. The van der Waals surface area contributed by atoms with Gasteiger partial charge in [-0.2, -0.15) is 0 Å². The molecule has 1 amide bonds. The van der Waals surface area contributed by atoms with Crippen molar-refractivity contribution in [1.82, 2.24) is 5.32 Å². The van der Waals surface area contributed by atoms with E-state index in [1.807, 2.05) is 0 Å². The minimum atomic E-state index is -1.46. The zero-order valence-corrected chi connectivity index (χ0v) is 21.3. The summed E-state index contributed by atoms with van der Waals surface area (Å²) in [5, 5.41) is 32.7. The molecule has 11 heteroatoms. The van der Waals surface area contributed by atoms with Gasteiger partial charge < -0.3 is 39.3 Å². The molecular formula is C26H35NO10. The molecule has 11 nitrogen and oxygen atoms in total. The van der Waals surface area contributed by atoms with E-state index in [0.29, 0.717) is 43.2 Å². The van der Waals surface area contributed by atoms with Crippen LogP contribution in [-0.2, 0) is 20.7 Å². The lowest BCUT2D eigenvalue weighted by atomic mass is 10.0. The van der Waals surface area contributed by atoms with Crippen molar-refractivity contribution in [3.63, 3.8) is 0 Å². The van der Waals surface area contributed by atoms with Gasteiger partial charge in [0.2, 0.25) is 6.29 Å². The van der Waals surface area contributed by atoms with Gasteiger partial charge in [-0.05, 0) is 57.7 Å².